The van der Waals surface area contributed by atoms with E-state index in [1.165, 1.54) is 44.2 Å². The molecule has 1 aliphatic carbocycles. The monoisotopic (exact) mass is 495 g/mol. The van der Waals surface area contributed by atoms with E-state index >= 15 is 0 Å². The summed E-state index contributed by atoms with van der Waals surface area (Å²) < 4.78 is 64.3. The van der Waals surface area contributed by atoms with Crippen LogP contribution in [0.1, 0.15) is 49.8 Å². The molecule has 2 unspecified atom stereocenters. The molecule has 2 fully saturated rings. The van der Waals surface area contributed by atoms with Gasteiger partial charge in [-0.1, -0.05) is 38.2 Å². The molecule has 2 N–H and O–H groups in total. The van der Waals surface area contributed by atoms with Crippen molar-refractivity contribution in [3.8, 4) is 0 Å². The Labute approximate surface area is 197 Å². The van der Waals surface area contributed by atoms with Gasteiger partial charge < -0.3 is 10.6 Å². The van der Waals surface area contributed by atoms with Crippen LogP contribution in [0.15, 0.2) is 52.4 Å². The molecule has 1 amide bonds. The van der Waals surface area contributed by atoms with E-state index in [9.17, 15) is 26.4 Å². The number of rotatable bonds is 6. The van der Waals surface area contributed by atoms with Gasteiger partial charge in [0.25, 0.3) is 0 Å². The highest BCUT2D eigenvalue weighted by Crippen LogP contribution is 2.34. The number of hydrogen-bond acceptors (Lipinski definition) is 5. The number of sulfone groups is 1. The van der Waals surface area contributed by atoms with E-state index in [4.69, 9.17) is 0 Å². The van der Waals surface area contributed by atoms with Gasteiger partial charge in [-0.15, -0.1) is 0 Å². The molecule has 6 nitrogen and oxygen atoms in total. The molecular formula is C24H28F3N3O3S. The summed E-state index contributed by atoms with van der Waals surface area (Å²) in [6, 6.07) is 6.10. The Kier molecular flexibility index (Phi) is 7.28. The lowest BCUT2D eigenvalue weighted by Crippen LogP contribution is -2.40. The van der Waals surface area contributed by atoms with Gasteiger partial charge in [-0.25, -0.2) is 8.42 Å². The van der Waals surface area contributed by atoms with Gasteiger partial charge in [-0.2, -0.15) is 13.2 Å². The average molecular weight is 496 g/mol. The Morgan fingerprint density at radius 2 is 1.82 bits per heavy atom. The van der Waals surface area contributed by atoms with Crippen LogP contribution in [0.25, 0.3) is 0 Å². The largest absolute Gasteiger partial charge is 0.416 e. The maximum Gasteiger partial charge on any atom is 0.416 e. The standard InChI is InChI=1S/C24H28F3N3O3S/c25-24(26,27)18-7-4-8-20(12-18)34(32,33)21-10-9-19(28-15-21)14-30-23(31)22-11-17(13-29-22)16-5-2-1-3-6-16/h4,7-10,12,15-17,22,29H,1-3,5-6,11,13-14H2,(H,30,31). The fourth-order valence-corrected chi connectivity index (χ4v) is 6.13. The molecule has 1 aromatic heterocycles. The maximum absolute atomic E-state index is 12.9. The molecule has 2 aromatic rings. The third-order valence-electron chi connectivity index (χ3n) is 6.82. The molecule has 0 bridgehead atoms. The molecule has 1 aromatic carbocycles. The highest BCUT2D eigenvalue weighted by Gasteiger charge is 2.34. The van der Waals surface area contributed by atoms with E-state index in [2.05, 4.69) is 15.6 Å². The van der Waals surface area contributed by atoms with Crippen LogP contribution in [0.2, 0.25) is 0 Å². The molecule has 1 saturated heterocycles. The van der Waals surface area contributed by atoms with E-state index in [-0.39, 0.29) is 23.4 Å². The first-order valence-electron chi connectivity index (χ1n) is 11.5. The summed E-state index contributed by atoms with van der Waals surface area (Å²) in [4.78, 5) is 16.0. The average Bonchev–Trinajstić information content (AvgIpc) is 3.33. The summed E-state index contributed by atoms with van der Waals surface area (Å²) in [6.07, 6.45) is 3.58. The molecule has 0 radical (unpaired) electrons. The predicted molar refractivity (Wildman–Crippen MR) is 119 cm³/mol. The van der Waals surface area contributed by atoms with E-state index in [1.54, 1.807) is 0 Å². The number of alkyl halides is 3. The second-order valence-corrected chi connectivity index (χ2v) is 11.0. The summed E-state index contributed by atoms with van der Waals surface area (Å²) in [5.41, 5.74) is -0.578. The molecule has 184 valence electrons. The van der Waals surface area contributed by atoms with E-state index in [1.807, 2.05) is 0 Å². The van der Waals surface area contributed by atoms with Crippen molar-refractivity contribution in [2.75, 3.05) is 6.54 Å². The smallest absolute Gasteiger partial charge is 0.349 e. The van der Waals surface area contributed by atoms with Crippen molar-refractivity contribution in [2.45, 2.75) is 67.1 Å². The van der Waals surface area contributed by atoms with Crippen LogP contribution >= 0.6 is 0 Å². The summed E-state index contributed by atoms with van der Waals surface area (Å²) in [6.45, 7) is 0.984. The number of benzene rings is 1. The number of carbonyl (C=O) groups is 1. The number of pyridine rings is 1. The number of nitrogens with one attached hydrogen (secondary N) is 2. The topological polar surface area (TPSA) is 88.2 Å². The van der Waals surface area contributed by atoms with Gasteiger partial charge in [0.2, 0.25) is 15.7 Å². The Bertz CT molecular complexity index is 1110. The molecule has 10 heteroatoms. The summed E-state index contributed by atoms with van der Waals surface area (Å²) >= 11 is 0. The van der Waals surface area contributed by atoms with Gasteiger partial charge in [-0.3, -0.25) is 9.78 Å². The van der Waals surface area contributed by atoms with E-state index in [0.717, 1.165) is 37.4 Å². The van der Waals surface area contributed by atoms with Crippen molar-refractivity contribution in [3.63, 3.8) is 0 Å². The molecule has 1 saturated carbocycles. The molecule has 2 atom stereocenters. The normalized spacial score (nSPS) is 22.0. The first kappa shape index (κ1) is 24.7. The van der Waals surface area contributed by atoms with E-state index in [0.29, 0.717) is 23.6 Å². The number of carbonyl (C=O) groups excluding carboxylic acids is 1. The highest BCUT2D eigenvalue weighted by molar-refractivity contribution is 7.91. The lowest BCUT2D eigenvalue weighted by molar-refractivity contribution is -0.137. The number of aromatic nitrogens is 1. The molecule has 1 aliphatic heterocycles. The molecule has 0 spiro atoms. The maximum atomic E-state index is 12.9. The van der Waals surface area contributed by atoms with Crippen molar-refractivity contribution in [1.82, 2.24) is 15.6 Å². The lowest BCUT2D eigenvalue weighted by atomic mass is 9.79. The zero-order valence-corrected chi connectivity index (χ0v) is 19.5. The Hall–Kier alpha value is -2.46. The second-order valence-electron chi connectivity index (χ2n) is 9.09. The third-order valence-corrected chi connectivity index (χ3v) is 8.56. The Balaban J connectivity index is 1.34. The fraction of sp³-hybridized carbons (Fsp3) is 0.500. The quantitative estimate of drug-likeness (QED) is 0.630. The molecule has 2 aliphatic rings. The summed E-state index contributed by atoms with van der Waals surface area (Å²) in [5, 5.41) is 6.15. The minimum absolute atomic E-state index is 0.110. The van der Waals surface area contributed by atoms with Gasteiger partial charge in [0.1, 0.15) is 0 Å². The second kappa shape index (κ2) is 10.0. The van der Waals surface area contributed by atoms with Crippen molar-refractivity contribution in [3.05, 3.63) is 53.9 Å². The Morgan fingerprint density at radius 1 is 1.06 bits per heavy atom. The van der Waals surface area contributed by atoms with Crippen molar-refractivity contribution >= 4 is 15.7 Å². The van der Waals surface area contributed by atoms with Crippen LogP contribution in [-0.4, -0.2) is 31.9 Å². The lowest BCUT2D eigenvalue weighted by Gasteiger charge is -2.26. The van der Waals surface area contributed by atoms with Crippen molar-refractivity contribution in [2.24, 2.45) is 11.8 Å². The summed E-state index contributed by atoms with van der Waals surface area (Å²) in [5.74, 6) is 1.10. The first-order chi connectivity index (χ1) is 16.1. The summed E-state index contributed by atoms with van der Waals surface area (Å²) in [7, 11) is -4.16. The minimum atomic E-state index is -4.64. The molecular weight excluding hydrogens is 467 g/mol. The van der Waals surface area contributed by atoms with E-state index < -0.39 is 26.5 Å². The minimum Gasteiger partial charge on any atom is -0.349 e. The third kappa shape index (κ3) is 5.60. The van der Waals surface area contributed by atoms with Crippen LogP contribution in [0.5, 0.6) is 0 Å². The van der Waals surface area contributed by atoms with Gasteiger partial charge in [0.05, 0.1) is 33.6 Å². The molecule has 4 rings (SSSR count). The zero-order valence-electron chi connectivity index (χ0n) is 18.6. The van der Waals surface area contributed by atoms with Crippen LogP contribution in [-0.2, 0) is 27.4 Å². The fourth-order valence-electron chi connectivity index (χ4n) is 4.88. The van der Waals surface area contributed by atoms with Crippen LogP contribution < -0.4 is 10.6 Å². The van der Waals surface area contributed by atoms with Gasteiger partial charge in [0, 0.05) is 6.20 Å². The van der Waals surface area contributed by atoms with Crippen molar-refractivity contribution < 1.29 is 26.4 Å². The number of amides is 1. The van der Waals surface area contributed by atoms with Crippen LogP contribution in [0.4, 0.5) is 13.2 Å². The molecule has 34 heavy (non-hydrogen) atoms. The zero-order chi connectivity index (χ0) is 24.3. The van der Waals surface area contributed by atoms with Crippen LogP contribution in [0.3, 0.4) is 0 Å². The predicted octanol–water partition coefficient (Wildman–Crippen LogP) is 4.11. The first-order valence-corrected chi connectivity index (χ1v) is 13.0. The highest BCUT2D eigenvalue weighted by atomic mass is 32.2. The Morgan fingerprint density at radius 3 is 2.50 bits per heavy atom. The number of halogens is 3. The number of nitrogens with zero attached hydrogens (tertiary/aromatic N) is 1. The van der Waals surface area contributed by atoms with Gasteiger partial charge >= 0.3 is 6.18 Å². The van der Waals surface area contributed by atoms with Crippen LogP contribution in [0, 0.1) is 11.8 Å². The number of hydrogen-bond donors (Lipinski definition) is 2. The van der Waals surface area contributed by atoms with Crippen molar-refractivity contribution in [1.29, 1.82) is 0 Å². The van der Waals surface area contributed by atoms with Gasteiger partial charge in [-0.05, 0) is 55.1 Å². The SMILES string of the molecule is O=C(NCc1ccc(S(=O)(=O)c2cccc(C(F)(F)F)c2)cn1)C1CC(C2CCCCC2)CN1. The molecule has 2 heterocycles. The van der Waals surface area contributed by atoms with Gasteiger partial charge in [0.15, 0.2) is 0 Å².